The quantitative estimate of drug-likeness (QED) is 0.629. The Hall–Kier alpha value is -1.62. The second-order valence-electron chi connectivity index (χ2n) is 8.51. The molecule has 5 rings (SSSR count). The van der Waals surface area contributed by atoms with E-state index in [4.69, 9.17) is 16.3 Å². The maximum atomic E-state index is 12.3. The van der Waals surface area contributed by atoms with E-state index in [2.05, 4.69) is 17.2 Å². The van der Waals surface area contributed by atoms with E-state index in [-0.39, 0.29) is 29.5 Å². The van der Waals surface area contributed by atoms with E-state index in [0.29, 0.717) is 5.15 Å². The van der Waals surface area contributed by atoms with Crippen molar-refractivity contribution in [2.24, 2.45) is 23.2 Å². The summed E-state index contributed by atoms with van der Waals surface area (Å²) in [6, 6.07) is 3.18. The fourth-order valence-corrected chi connectivity index (χ4v) is 5.97. The molecule has 0 aliphatic heterocycles. The summed E-state index contributed by atoms with van der Waals surface area (Å²) in [5, 5.41) is 3.41. The molecule has 1 amide bonds. The number of amides is 1. The first-order valence-corrected chi connectivity index (χ1v) is 9.89. The minimum Gasteiger partial charge on any atom is -0.452 e. The molecule has 1 aromatic rings. The summed E-state index contributed by atoms with van der Waals surface area (Å²) in [5.74, 6) is 1.73. The van der Waals surface area contributed by atoms with Crippen LogP contribution in [0.1, 0.15) is 55.8 Å². The smallest absolute Gasteiger partial charge is 0.340 e. The summed E-state index contributed by atoms with van der Waals surface area (Å²) in [4.78, 5) is 28.1. The Labute approximate surface area is 158 Å². The van der Waals surface area contributed by atoms with Gasteiger partial charge >= 0.3 is 5.97 Å². The van der Waals surface area contributed by atoms with Crippen molar-refractivity contribution < 1.29 is 14.3 Å². The monoisotopic (exact) mass is 376 g/mol. The predicted molar refractivity (Wildman–Crippen MR) is 97.7 cm³/mol. The molecule has 140 valence electrons. The molecule has 0 saturated heterocycles. The van der Waals surface area contributed by atoms with E-state index in [0.717, 1.165) is 17.8 Å². The number of carbonyl (C=O) groups excluding carboxylic acids is 2. The zero-order valence-corrected chi connectivity index (χ0v) is 15.8. The van der Waals surface area contributed by atoms with Crippen LogP contribution in [0.15, 0.2) is 18.3 Å². The largest absolute Gasteiger partial charge is 0.452 e. The van der Waals surface area contributed by atoms with E-state index < -0.39 is 5.97 Å². The van der Waals surface area contributed by atoms with Gasteiger partial charge in [0.1, 0.15) is 5.15 Å². The number of esters is 1. The Morgan fingerprint density at radius 3 is 2.38 bits per heavy atom. The second kappa shape index (κ2) is 6.84. The predicted octanol–water partition coefficient (Wildman–Crippen LogP) is 3.61. The number of aromatic nitrogens is 1. The standard InChI is InChI=1S/C20H25ClN2O3/c1-12(20-7-13-4-14(8-20)6-15(5-13)9-20)23-18(24)11-26-19(25)16-2-3-17(21)22-10-16/h2-3,10,12-15H,4-9,11H2,1H3,(H,23,24)/t12-,13?,14?,15?,20?/m0/s1. The lowest BCUT2D eigenvalue weighted by molar-refractivity contribution is -0.128. The zero-order chi connectivity index (χ0) is 18.3. The highest BCUT2D eigenvalue weighted by Crippen LogP contribution is 2.61. The summed E-state index contributed by atoms with van der Waals surface area (Å²) in [7, 11) is 0. The molecule has 1 aromatic heterocycles. The third-order valence-corrected chi connectivity index (χ3v) is 6.90. The fourth-order valence-electron chi connectivity index (χ4n) is 5.86. The Balaban J connectivity index is 1.31. The molecule has 26 heavy (non-hydrogen) atoms. The van der Waals surface area contributed by atoms with Gasteiger partial charge in [-0.1, -0.05) is 11.6 Å². The van der Waals surface area contributed by atoms with Crippen molar-refractivity contribution in [2.45, 2.75) is 51.5 Å². The first-order chi connectivity index (χ1) is 12.4. The van der Waals surface area contributed by atoms with Crippen LogP contribution in [0.2, 0.25) is 5.15 Å². The zero-order valence-electron chi connectivity index (χ0n) is 15.0. The van der Waals surface area contributed by atoms with Gasteiger partial charge in [-0.05, 0) is 80.8 Å². The molecule has 1 N–H and O–H groups in total. The van der Waals surface area contributed by atoms with Gasteiger partial charge < -0.3 is 10.1 Å². The molecular formula is C20H25ClN2O3. The molecule has 4 saturated carbocycles. The molecular weight excluding hydrogens is 352 g/mol. The molecule has 5 nitrogen and oxygen atoms in total. The second-order valence-corrected chi connectivity index (χ2v) is 8.90. The summed E-state index contributed by atoms with van der Waals surface area (Å²) < 4.78 is 5.12. The molecule has 1 atom stereocenters. The molecule has 4 aliphatic rings. The van der Waals surface area contributed by atoms with E-state index in [1.165, 1.54) is 56.9 Å². The number of nitrogens with zero attached hydrogens (tertiary/aromatic N) is 1. The first-order valence-electron chi connectivity index (χ1n) is 9.51. The van der Waals surface area contributed by atoms with Gasteiger partial charge in [0.25, 0.3) is 5.91 Å². The van der Waals surface area contributed by atoms with Crippen molar-refractivity contribution in [3.63, 3.8) is 0 Å². The Bertz CT molecular complexity index is 668. The van der Waals surface area contributed by atoms with Crippen molar-refractivity contribution in [1.82, 2.24) is 10.3 Å². The normalized spacial score (nSPS) is 32.9. The van der Waals surface area contributed by atoms with Crippen LogP contribution in [0.25, 0.3) is 0 Å². The van der Waals surface area contributed by atoms with Crippen LogP contribution in [0.5, 0.6) is 0 Å². The van der Waals surface area contributed by atoms with Crippen molar-refractivity contribution in [3.05, 3.63) is 29.0 Å². The average molecular weight is 377 g/mol. The Morgan fingerprint density at radius 1 is 1.23 bits per heavy atom. The molecule has 0 unspecified atom stereocenters. The lowest BCUT2D eigenvalue weighted by Crippen LogP contribution is -2.56. The van der Waals surface area contributed by atoms with Gasteiger partial charge in [-0.2, -0.15) is 0 Å². The van der Waals surface area contributed by atoms with Crippen molar-refractivity contribution >= 4 is 23.5 Å². The number of ether oxygens (including phenoxy) is 1. The highest BCUT2D eigenvalue weighted by molar-refractivity contribution is 6.29. The highest BCUT2D eigenvalue weighted by atomic mass is 35.5. The summed E-state index contributed by atoms with van der Waals surface area (Å²) in [6.45, 7) is 1.86. The molecule has 6 heteroatoms. The number of nitrogens with one attached hydrogen (secondary N) is 1. The number of carbonyl (C=O) groups is 2. The van der Waals surface area contributed by atoms with Gasteiger partial charge in [-0.25, -0.2) is 9.78 Å². The maximum Gasteiger partial charge on any atom is 0.340 e. The average Bonchev–Trinajstić information content (AvgIpc) is 2.59. The van der Waals surface area contributed by atoms with Gasteiger partial charge in [0.05, 0.1) is 5.56 Å². The lowest BCUT2D eigenvalue weighted by Gasteiger charge is -2.59. The van der Waals surface area contributed by atoms with Crippen molar-refractivity contribution in [3.8, 4) is 0 Å². The van der Waals surface area contributed by atoms with Crippen LogP contribution < -0.4 is 5.32 Å². The lowest BCUT2D eigenvalue weighted by atomic mass is 9.48. The van der Waals surface area contributed by atoms with Gasteiger partial charge in [0.2, 0.25) is 0 Å². The minimum absolute atomic E-state index is 0.124. The number of hydrogen-bond acceptors (Lipinski definition) is 4. The van der Waals surface area contributed by atoms with Crippen LogP contribution in [-0.2, 0) is 9.53 Å². The Morgan fingerprint density at radius 2 is 1.85 bits per heavy atom. The number of hydrogen-bond donors (Lipinski definition) is 1. The van der Waals surface area contributed by atoms with Crippen molar-refractivity contribution in [1.29, 1.82) is 0 Å². The molecule has 4 fully saturated rings. The summed E-state index contributed by atoms with van der Waals surface area (Å²) in [6.07, 6.45) is 9.19. The van der Waals surface area contributed by atoms with Crippen LogP contribution in [0, 0.1) is 23.2 Å². The van der Waals surface area contributed by atoms with Gasteiger partial charge in [0.15, 0.2) is 6.61 Å². The maximum absolute atomic E-state index is 12.3. The topological polar surface area (TPSA) is 68.3 Å². The number of pyridine rings is 1. The minimum atomic E-state index is -0.563. The molecule has 4 bridgehead atoms. The number of rotatable bonds is 5. The molecule has 0 radical (unpaired) electrons. The molecule has 1 heterocycles. The summed E-state index contributed by atoms with van der Waals surface area (Å²) in [5.41, 5.74) is 0.533. The van der Waals surface area contributed by atoms with Gasteiger partial charge in [-0.15, -0.1) is 0 Å². The first kappa shape index (κ1) is 17.8. The van der Waals surface area contributed by atoms with Gasteiger partial charge in [-0.3, -0.25) is 4.79 Å². The molecule has 4 aliphatic carbocycles. The van der Waals surface area contributed by atoms with E-state index in [1.54, 1.807) is 0 Å². The Kier molecular flexibility index (Phi) is 4.68. The van der Waals surface area contributed by atoms with E-state index in [1.807, 2.05) is 0 Å². The van der Waals surface area contributed by atoms with Crippen LogP contribution in [-0.4, -0.2) is 29.5 Å². The molecule has 0 spiro atoms. The highest BCUT2D eigenvalue weighted by Gasteiger charge is 2.53. The van der Waals surface area contributed by atoms with Crippen LogP contribution in [0.4, 0.5) is 0 Å². The van der Waals surface area contributed by atoms with Crippen LogP contribution in [0.3, 0.4) is 0 Å². The molecule has 0 aromatic carbocycles. The van der Waals surface area contributed by atoms with Crippen molar-refractivity contribution in [2.75, 3.05) is 6.61 Å². The number of halogens is 1. The van der Waals surface area contributed by atoms with Crippen LogP contribution >= 0.6 is 11.6 Å². The SMILES string of the molecule is C[C@H](NC(=O)COC(=O)c1ccc(Cl)nc1)C12CC3CC(CC(C3)C1)C2. The fraction of sp³-hybridized carbons (Fsp3) is 0.650. The van der Waals surface area contributed by atoms with E-state index >= 15 is 0 Å². The van der Waals surface area contributed by atoms with E-state index in [9.17, 15) is 9.59 Å². The van der Waals surface area contributed by atoms with Gasteiger partial charge in [0, 0.05) is 12.2 Å². The third-order valence-electron chi connectivity index (χ3n) is 6.68. The summed E-state index contributed by atoms with van der Waals surface area (Å²) >= 11 is 5.70. The third kappa shape index (κ3) is 3.46.